The van der Waals surface area contributed by atoms with Crippen LogP contribution in [0.5, 0.6) is 0 Å². The molecule has 0 aliphatic heterocycles. The van der Waals surface area contributed by atoms with Crippen molar-refractivity contribution in [1.29, 1.82) is 0 Å². The van der Waals surface area contributed by atoms with Crippen LogP contribution >= 0.6 is 11.3 Å². The fraction of sp³-hybridized carbons (Fsp3) is 0.0625. The third-order valence-electron chi connectivity index (χ3n) is 3.47. The fourth-order valence-corrected chi connectivity index (χ4v) is 3.41. The van der Waals surface area contributed by atoms with Gasteiger partial charge >= 0.3 is 0 Å². The largest absolute Gasteiger partial charge is 0.459 e. The Labute approximate surface area is 128 Å². The molecule has 2 heterocycles. The first-order chi connectivity index (χ1) is 10.5. The molecular formula is C16H8FNO3S. The molecule has 0 saturated carbocycles. The molecule has 0 bridgehead atoms. The molecule has 1 aromatic carbocycles. The molecule has 4 rings (SSSR count). The molecule has 0 spiro atoms. The summed E-state index contributed by atoms with van der Waals surface area (Å²) in [4.78, 5) is 29.4. The molecule has 4 nitrogen and oxygen atoms in total. The summed E-state index contributed by atoms with van der Waals surface area (Å²) in [5, 5.41) is 0.466. The lowest BCUT2D eigenvalue weighted by Crippen LogP contribution is -2.19. The molecule has 6 heteroatoms. The molecule has 0 saturated heterocycles. The van der Waals surface area contributed by atoms with Crippen molar-refractivity contribution < 1.29 is 18.4 Å². The Hall–Kier alpha value is -2.60. The van der Waals surface area contributed by atoms with E-state index in [1.54, 1.807) is 19.1 Å². The minimum atomic E-state index is -0.547. The van der Waals surface area contributed by atoms with Gasteiger partial charge in [-0.1, -0.05) is 0 Å². The maximum absolute atomic E-state index is 13.4. The summed E-state index contributed by atoms with van der Waals surface area (Å²) < 4.78 is 18.8. The zero-order chi connectivity index (χ0) is 15.4. The van der Waals surface area contributed by atoms with Crippen molar-refractivity contribution in [3.05, 3.63) is 63.6 Å². The number of furan rings is 1. The second kappa shape index (κ2) is 4.45. The number of ketones is 2. The zero-order valence-corrected chi connectivity index (χ0v) is 12.2. The van der Waals surface area contributed by atoms with Gasteiger partial charge in [-0.25, -0.2) is 9.37 Å². The highest BCUT2D eigenvalue weighted by molar-refractivity contribution is 7.17. The minimum Gasteiger partial charge on any atom is -0.459 e. The summed E-state index contributed by atoms with van der Waals surface area (Å²) >= 11 is 1.09. The van der Waals surface area contributed by atoms with Gasteiger partial charge in [-0.3, -0.25) is 9.59 Å². The van der Waals surface area contributed by atoms with E-state index < -0.39 is 5.82 Å². The van der Waals surface area contributed by atoms with Crippen molar-refractivity contribution in [1.82, 2.24) is 4.98 Å². The summed E-state index contributed by atoms with van der Waals surface area (Å²) in [5.41, 5.74) is 0.382. The van der Waals surface area contributed by atoms with Gasteiger partial charge in [0.1, 0.15) is 22.1 Å². The van der Waals surface area contributed by atoms with Crippen LogP contribution in [-0.2, 0) is 0 Å². The van der Waals surface area contributed by atoms with Crippen molar-refractivity contribution >= 4 is 22.9 Å². The number of aryl methyl sites for hydroxylation is 1. The number of nitrogens with zero attached hydrogens (tertiary/aromatic N) is 1. The van der Waals surface area contributed by atoms with Crippen LogP contribution < -0.4 is 0 Å². The van der Waals surface area contributed by atoms with Crippen molar-refractivity contribution in [3.63, 3.8) is 0 Å². The molecular weight excluding hydrogens is 305 g/mol. The van der Waals surface area contributed by atoms with E-state index in [2.05, 4.69) is 4.98 Å². The lowest BCUT2D eigenvalue weighted by atomic mass is 9.91. The molecule has 0 radical (unpaired) electrons. The molecule has 0 fully saturated rings. The number of benzene rings is 1. The number of hydrogen-bond donors (Lipinski definition) is 0. The maximum atomic E-state index is 13.4. The van der Waals surface area contributed by atoms with Gasteiger partial charge < -0.3 is 4.42 Å². The van der Waals surface area contributed by atoms with Gasteiger partial charge in [0.25, 0.3) is 0 Å². The smallest absolute Gasteiger partial charge is 0.213 e. The number of hydrogen-bond acceptors (Lipinski definition) is 5. The summed E-state index contributed by atoms with van der Waals surface area (Å²) in [5.74, 6) is -0.0693. The molecule has 0 unspecified atom stereocenters. The van der Waals surface area contributed by atoms with Gasteiger partial charge in [-0.05, 0) is 37.3 Å². The fourth-order valence-electron chi connectivity index (χ4n) is 2.43. The third-order valence-corrected chi connectivity index (χ3v) is 4.54. The van der Waals surface area contributed by atoms with Gasteiger partial charge in [-0.15, -0.1) is 11.3 Å². The number of halogens is 1. The lowest BCUT2D eigenvalue weighted by Gasteiger charge is -2.12. The Morgan fingerprint density at radius 1 is 1.09 bits per heavy atom. The Morgan fingerprint density at radius 2 is 1.91 bits per heavy atom. The highest BCUT2D eigenvalue weighted by Gasteiger charge is 2.34. The first-order valence-corrected chi connectivity index (χ1v) is 7.33. The van der Waals surface area contributed by atoms with Gasteiger partial charge in [0.15, 0.2) is 10.8 Å². The SMILES string of the molecule is Cc1ccc(-c2nc3c(s2)C(=O)c2cc(F)ccc2C3=O)o1. The predicted molar refractivity (Wildman–Crippen MR) is 77.8 cm³/mol. The quantitative estimate of drug-likeness (QED) is 0.538. The highest BCUT2D eigenvalue weighted by Crippen LogP contribution is 2.35. The van der Waals surface area contributed by atoms with Crippen molar-refractivity contribution in [2.45, 2.75) is 6.92 Å². The lowest BCUT2D eigenvalue weighted by molar-refractivity contribution is 0.0979. The molecule has 0 atom stereocenters. The minimum absolute atomic E-state index is 0.0864. The third kappa shape index (κ3) is 1.77. The summed E-state index contributed by atoms with van der Waals surface area (Å²) in [6.07, 6.45) is 0. The van der Waals surface area contributed by atoms with Crippen molar-refractivity contribution in [2.75, 3.05) is 0 Å². The molecule has 1 aliphatic carbocycles. The monoisotopic (exact) mass is 313 g/mol. The van der Waals surface area contributed by atoms with E-state index in [0.29, 0.717) is 16.5 Å². The molecule has 2 aromatic heterocycles. The molecule has 1 aliphatic rings. The predicted octanol–water partition coefficient (Wildman–Crippen LogP) is 3.63. The Kier molecular flexibility index (Phi) is 2.65. The van der Waals surface area contributed by atoms with E-state index in [4.69, 9.17) is 4.42 Å². The van der Waals surface area contributed by atoms with Gasteiger partial charge in [0, 0.05) is 11.1 Å². The summed E-state index contributed by atoms with van der Waals surface area (Å²) in [6.45, 7) is 1.80. The Bertz CT molecular complexity index is 954. The number of fused-ring (bicyclic) bond motifs is 2. The van der Waals surface area contributed by atoms with Crippen LogP contribution in [0.1, 0.15) is 37.0 Å². The van der Waals surface area contributed by atoms with E-state index in [-0.39, 0.29) is 33.3 Å². The number of carbonyl (C=O) groups excluding carboxylic acids is 2. The number of thiazole rings is 1. The number of carbonyl (C=O) groups is 2. The van der Waals surface area contributed by atoms with Crippen LogP contribution in [0.25, 0.3) is 10.8 Å². The first kappa shape index (κ1) is 13.1. The first-order valence-electron chi connectivity index (χ1n) is 6.51. The second-order valence-electron chi connectivity index (χ2n) is 4.96. The standard InChI is InChI=1S/C16H8FNO3S/c1-7-2-5-11(21-7)16-18-12-13(19)9-4-3-8(17)6-10(9)14(20)15(12)22-16/h2-6H,1H3. The van der Waals surface area contributed by atoms with E-state index in [0.717, 1.165) is 23.5 Å². The van der Waals surface area contributed by atoms with Crippen LogP contribution in [0.15, 0.2) is 34.7 Å². The highest BCUT2D eigenvalue weighted by atomic mass is 32.1. The average Bonchev–Trinajstić information content (AvgIpc) is 3.11. The van der Waals surface area contributed by atoms with Crippen LogP contribution in [-0.4, -0.2) is 16.6 Å². The van der Waals surface area contributed by atoms with E-state index >= 15 is 0 Å². The molecule has 0 amide bonds. The molecule has 0 N–H and O–H groups in total. The van der Waals surface area contributed by atoms with Crippen LogP contribution in [0.3, 0.4) is 0 Å². The van der Waals surface area contributed by atoms with E-state index in [9.17, 15) is 14.0 Å². The second-order valence-corrected chi connectivity index (χ2v) is 5.95. The molecule has 108 valence electrons. The van der Waals surface area contributed by atoms with Gasteiger partial charge in [0.05, 0.1) is 0 Å². The van der Waals surface area contributed by atoms with Crippen molar-refractivity contribution in [3.8, 4) is 10.8 Å². The number of rotatable bonds is 1. The summed E-state index contributed by atoms with van der Waals surface area (Å²) in [6, 6.07) is 7.10. The molecule has 22 heavy (non-hydrogen) atoms. The number of aromatic nitrogens is 1. The summed E-state index contributed by atoms with van der Waals surface area (Å²) in [7, 11) is 0. The van der Waals surface area contributed by atoms with E-state index in [1.807, 2.05) is 0 Å². The average molecular weight is 313 g/mol. The van der Waals surface area contributed by atoms with Gasteiger partial charge in [-0.2, -0.15) is 0 Å². The zero-order valence-electron chi connectivity index (χ0n) is 11.3. The Morgan fingerprint density at radius 3 is 2.64 bits per heavy atom. The van der Waals surface area contributed by atoms with Gasteiger partial charge in [0.2, 0.25) is 11.6 Å². The van der Waals surface area contributed by atoms with Crippen LogP contribution in [0, 0.1) is 12.7 Å². The van der Waals surface area contributed by atoms with Crippen LogP contribution in [0.2, 0.25) is 0 Å². The van der Waals surface area contributed by atoms with Crippen LogP contribution in [0.4, 0.5) is 4.39 Å². The topological polar surface area (TPSA) is 60.2 Å². The van der Waals surface area contributed by atoms with E-state index in [1.165, 1.54) is 6.07 Å². The maximum Gasteiger partial charge on any atom is 0.213 e. The normalized spacial score (nSPS) is 13.2. The van der Waals surface area contributed by atoms with Crippen molar-refractivity contribution in [2.24, 2.45) is 0 Å². The molecule has 3 aromatic rings. The Balaban J connectivity index is 1.90.